The normalized spacial score (nSPS) is 10.3. The van der Waals surface area contributed by atoms with Gasteiger partial charge in [0, 0.05) is 11.3 Å². The van der Waals surface area contributed by atoms with E-state index in [4.69, 9.17) is 0 Å². The van der Waals surface area contributed by atoms with Crippen LogP contribution in [0.25, 0.3) is 11.1 Å². The number of hydrogen-bond acceptors (Lipinski definition) is 5. The number of hydrogen-bond donors (Lipinski definition) is 3. The molecule has 7 nitrogen and oxygen atoms in total. The number of phenolic OH excluding ortho intramolecular Hbond substituents is 2. The third-order valence-corrected chi connectivity index (χ3v) is 3.76. The van der Waals surface area contributed by atoms with Crippen molar-refractivity contribution in [2.24, 2.45) is 0 Å². The van der Waals surface area contributed by atoms with Crippen molar-refractivity contribution in [2.75, 3.05) is 5.32 Å². The molecule has 0 aliphatic heterocycles. The molecule has 3 rings (SSSR count). The first-order valence-electron chi connectivity index (χ1n) is 7.63. The molecular weight excluding hydrogens is 336 g/mol. The number of amides is 1. The molecule has 26 heavy (non-hydrogen) atoms. The Morgan fingerprint density at radius 1 is 0.923 bits per heavy atom. The summed E-state index contributed by atoms with van der Waals surface area (Å²) in [5.74, 6) is -1.44. The Balaban J connectivity index is 1.99. The zero-order valence-electron chi connectivity index (χ0n) is 13.4. The molecule has 0 bridgehead atoms. The molecule has 0 aliphatic rings. The van der Waals surface area contributed by atoms with Gasteiger partial charge in [-0.25, -0.2) is 0 Å². The average molecular weight is 350 g/mol. The van der Waals surface area contributed by atoms with Crippen LogP contribution in [0.2, 0.25) is 0 Å². The fourth-order valence-corrected chi connectivity index (χ4v) is 2.50. The van der Waals surface area contributed by atoms with Crippen LogP contribution in [0.3, 0.4) is 0 Å². The molecule has 0 saturated carbocycles. The molecule has 3 aromatic carbocycles. The Hall–Kier alpha value is -3.87. The predicted octanol–water partition coefficient (Wildman–Crippen LogP) is 3.93. The van der Waals surface area contributed by atoms with Crippen molar-refractivity contribution in [1.82, 2.24) is 0 Å². The Morgan fingerprint density at radius 2 is 1.62 bits per heavy atom. The number of anilines is 1. The van der Waals surface area contributed by atoms with E-state index in [0.29, 0.717) is 16.8 Å². The van der Waals surface area contributed by atoms with Gasteiger partial charge in [-0.05, 0) is 35.9 Å². The third-order valence-electron chi connectivity index (χ3n) is 3.76. The van der Waals surface area contributed by atoms with Gasteiger partial charge < -0.3 is 15.5 Å². The highest BCUT2D eigenvalue weighted by Crippen LogP contribution is 2.38. The summed E-state index contributed by atoms with van der Waals surface area (Å²) in [6.45, 7) is 0. The van der Waals surface area contributed by atoms with Gasteiger partial charge in [-0.3, -0.25) is 14.9 Å². The van der Waals surface area contributed by atoms with E-state index in [1.807, 2.05) is 6.07 Å². The van der Waals surface area contributed by atoms with E-state index in [1.165, 1.54) is 6.07 Å². The second-order valence-electron chi connectivity index (χ2n) is 5.52. The maximum Gasteiger partial charge on any atom is 0.281 e. The van der Waals surface area contributed by atoms with Crippen molar-refractivity contribution in [3.63, 3.8) is 0 Å². The second-order valence-corrected chi connectivity index (χ2v) is 5.52. The molecule has 0 fully saturated rings. The lowest BCUT2D eigenvalue weighted by Crippen LogP contribution is -2.11. The molecule has 0 heterocycles. The van der Waals surface area contributed by atoms with Crippen LogP contribution >= 0.6 is 0 Å². The topological polar surface area (TPSA) is 113 Å². The molecule has 130 valence electrons. The number of nitro groups is 1. The minimum Gasteiger partial charge on any atom is -0.504 e. The summed E-state index contributed by atoms with van der Waals surface area (Å²) in [6.07, 6.45) is 0. The van der Waals surface area contributed by atoms with Crippen LogP contribution < -0.4 is 5.32 Å². The maximum absolute atomic E-state index is 12.4. The van der Waals surface area contributed by atoms with Crippen LogP contribution in [0, 0.1) is 10.1 Å². The van der Waals surface area contributed by atoms with Gasteiger partial charge in [0.2, 0.25) is 0 Å². The maximum atomic E-state index is 12.4. The van der Waals surface area contributed by atoms with Gasteiger partial charge in [0.25, 0.3) is 11.6 Å². The largest absolute Gasteiger partial charge is 0.504 e. The molecule has 1 amide bonds. The smallest absolute Gasteiger partial charge is 0.281 e. The minimum absolute atomic E-state index is 0.0969. The molecule has 0 spiro atoms. The first kappa shape index (κ1) is 17.0. The summed E-state index contributed by atoms with van der Waals surface area (Å²) < 4.78 is 0. The highest BCUT2D eigenvalue weighted by Gasteiger charge is 2.20. The fraction of sp³-hybridized carbons (Fsp3) is 0. The standard InChI is InChI=1S/C19H14N2O5/c22-17-10-15(16(21(25)26)11-18(17)23)12-5-4-6-13(9-12)19(24)20-14-7-2-1-3-8-14/h1-11,22-23H,(H,20,24). The quantitative estimate of drug-likeness (QED) is 0.375. The summed E-state index contributed by atoms with van der Waals surface area (Å²) in [4.78, 5) is 23.0. The first-order valence-corrected chi connectivity index (χ1v) is 7.63. The molecule has 0 aliphatic carbocycles. The number of aromatic hydroxyl groups is 2. The Morgan fingerprint density at radius 3 is 2.31 bits per heavy atom. The van der Waals surface area contributed by atoms with Gasteiger partial charge >= 0.3 is 0 Å². The van der Waals surface area contributed by atoms with E-state index in [2.05, 4.69) is 5.32 Å². The van der Waals surface area contributed by atoms with E-state index >= 15 is 0 Å². The summed E-state index contributed by atoms with van der Waals surface area (Å²) in [6, 6.07) is 17.1. The zero-order valence-corrected chi connectivity index (χ0v) is 13.4. The SMILES string of the molecule is O=C(Nc1ccccc1)c1cccc(-c2cc(O)c(O)cc2[N+](=O)[O-])c1. The number of nitrogens with zero attached hydrogens (tertiary/aromatic N) is 1. The molecule has 0 saturated heterocycles. The predicted molar refractivity (Wildman–Crippen MR) is 96.3 cm³/mol. The fourth-order valence-electron chi connectivity index (χ4n) is 2.50. The molecular formula is C19H14N2O5. The Kier molecular flexibility index (Phi) is 4.53. The number of carbonyl (C=O) groups is 1. The molecule has 3 aromatic rings. The van der Waals surface area contributed by atoms with Gasteiger partial charge in [0.15, 0.2) is 11.5 Å². The number of phenols is 2. The lowest BCUT2D eigenvalue weighted by molar-refractivity contribution is -0.384. The number of nitrogens with one attached hydrogen (secondary N) is 1. The van der Waals surface area contributed by atoms with E-state index in [1.54, 1.807) is 42.5 Å². The van der Waals surface area contributed by atoms with Crippen molar-refractivity contribution in [3.8, 4) is 22.6 Å². The second kappa shape index (κ2) is 6.94. The van der Waals surface area contributed by atoms with Crippen molar-refractivity contribution < 1.29 is 19.9 Å². The van der Waals surface area contributed by atoms with Gasteiger partial charge in [-0.2, -0.15) is 0 Å². The van der Waals surface area contributed by atoms with E-state index in [-0.39, 0.29) is 17.2 Å². The summed E-state index contributed by atoms with van der Waals surface area (Å²) >= 11 is 0. The first-order chi connectivity index (χ1) is 12.5. The van der Waals surface area contributed by atoms with Crippen LogP contribution in [0.15, 0.2) is 66.7 Å². The van der Waals surface area contributed by atoms with Crippen molar-refractivity contribution in [3.05, 3.63) is 82.4 Å². The lowest BCUT2D eigenvalue weighted by Gasteiger charge is -2.09. The molecule has 0 unspecified atom stereocenters. The van der Waals surface area contributed by atoms with Gasteiger partial charge in [-0.1, -0.05) is 30.3 Å². The average Bonchev–Trinajstić information content (AvgIpc) is 2.64. The van der Waals surface area contributed by atoms with Gasteiger partial charge in [0.1, 0.15) is 0 Å². The van der Waals surface area contributed by atoms with E-state index in [0.717, 1.165) is 12.1 Å². The van der Waals surface area contributed by atoms with Crippen LogP contribution in [-0.4, -0.2) is 21.0 Å². The van der Waals surface area contributed by atoms with Crippen LogP contribution in [0.1, 0.15) is 10.4 Å². The monoisotopic (exact) mass is 350 g/mol. The minimum atomic E-state index is -0.662. The summed E-state index contributed by atoms with van der Waals surface area (Å²) in [7, 11) is 0. The van der Waals surface area contributed by atoms with Crippen LogP contribution in [-0.2, 0) is 0 Å². The Labute approximate surface area is 148 Å². The number of benzene rings is 3. The zero-order chi connectivity index (χ0) is 18.7. The number of para-hydroxylation sites is 1. The molecule has 0 radical (unpaired) electrons. The molecule has 0 atom stereocenters. The van der Waals surface area contributed by atoms with Crippen molar-refractivity contribution in [1.29, 1.82) is 0 Å². The molecule has 7 heteroatoms. The summed E-state index contributed by atoms with van der Waals surface area (Å²) in [5.41, 5.74) is 1.01. The van der Waals surface area contributed by atoms with Crippen LogP contribution in [0.4, 0.5) is 11.4 Å². The van der Waals surface area contributed by atoms with E-state index in [9.17, 15) is 25.1 Å². The van der Waals surface area contributed by atoms with Crippen LogP contribution in [0.5, 0.6) is 11.5 Å². The highest BCUT2D eigenvalue weighted by molar-refractivity contribution is 6.05. The van der Waals surface area contributed by atoms with Crippen molar-refractivity contribution in [2.45, 2.75) is 0 Å². The van der Waals surface area contributed by atoms with Gasteiger partial charge in [-0.15, -0.1) is 0 Å². The molecule has 0 aromatic heterocycles. The lowest BCUT2D eigenvalue weighted by atomic mass is 10.0. The number of carbonyl (C=O) groups excluding carboxylic acids is 1. The number of nitro benzene ring substituents is 1. The number of rotatable bonds is 4. The highest BCUT2D eigenvalue weighted by atomic mass is 16.6. The van der Waals surface area contributed by atoms with Crippen molar-refractivity contribution >= 4 is 17.3 Å². The molecule has 3 N–H and O–H groups in total. The Bertz CT molecular complexity index is 986. The van der Waals surface area contributed by atoms with E-state index < -0.39 is 16.4 Å². The summed E-state index contributed by atoms with van der Waals surface area (Å²) in [5, 5.41) is 33.2. The third kappa shape index (κ3) is 3.46. The van der Waals surface area contributed by atoms with Gasteiger partial charge in [0.05, 0.1) is 16.6 Å².